The average Bonchev–Trinajstić information content (AvgIpc) is 2.73. The van der Waals surface area contributed by atoms with E-state index in [1.54, 1.807) is 11.3 Å². The van der Waals surface area contributed by atoms with Crippen LogP contribution in [0.25, 0.3) is 0 Å². The van der Waals surface area contributed by atoms with Crippen molar-refractivity contribution in [2.75, 3.05) is 6.61 Å². The van der Waals surface area contributed by atoms with Crippen LogP contribution in [-0.4, -0.2) is 11.6 Å². The van der Waals surface area contributed by atoms with Crippen LogP contribution in [0, 0.1) is 13.8 Å². The first-order valence-corrected chi connectivity index (χ1v) is 7.30. The molecule has 0 bridgehead atoms. The van der Waals surface area contributed by atoms with Gasteiger partial charge in [-0.05, 0) is 32.4 Å². The van der Waals surface area contributed by atoms with Gasteiger partial charge in [-0.1, -0.05) is 18.2 Å². The van der Waals surface area contributed by atoms with E-state index < -0.39 is 0 Å². The van der Waals surface area contributed by atoms with Crippen LogP contribution in [0.2, 0.25) is 0 Å². The number of aromatic nitrogens is 1. The lowest BCUT2D eigenvalue weighted by Crippen LogP contribution is -2.03. The minimum atomic E-state index is 0.0588. The van der Waals surface area contributed by atoms with E-state index in [2.05, 4.69) is 18.0 Å². The van der Waals surface area contributed by atoms with Crippen LogP contribution in [-0.2, 0) is 6.42 Å². The molecule has 0 saturated heterocycles. The van der Waals surface area contributed by atoms with Gasteiger partial charge in [0.05, 0.1) is 17.3 Å². The lowest BCUT2D eigenvalue weighted by molar-refractivity contribution is 0.319. The Balaban J connectivity index is 1.93. The molecule has 2 aromatic rings. The number of nitrogens with zero attached hydrogens (tertiary/aromatic N) is 1. The van der Waals surface area contributed by atoms with E-state index in [0.29, 0.717) is 6.61 Å². The van der Waals surface area contributed by atoms with E-state index >= 15 is 0 Å². The summed E-state index contributed by atoms with van der Waals surface area (Å²) in [5.41, 5.74) is 8.11. The summed E-state index contributed by atoms with van der Waals surface area (Å²) in [5.74, 6) is 0.947. The van der Waals surface area contributed by atoms with Crippen molar-refractivity contribution in [2.24, 2.45) is 5.73 Å². The predicted octanol–water partition coefficient (Wildman–Crippen LogP) is 3.40. The number of hydrogen-bond acceptors (Lipinski definition) is 4. The maximum absolute atomic E-state index is 5.91. The van der Waals surface area contributed by atoms with Gasteiger partial charge in [0.25, 0.3) is 0 Å². The summed E-state index contributed by atoms with van der Waals surface area (Å²) in [4.78, 5) is 5.72. The van der Waals surface area contributed by atoms with Crippen molar-refractivity contribution in [1.29, 1.82) is 0 Å². The maximum Gasteiger partial charge on any atom is 0.122 e. The first kappa shape index (κ1) is 14.0. The molecule has 1 heterocycles. The molecule has 1 atom stereocenters. The highest BCUT2D eigenvalue weighted by atomic mass is 32.1. The Hall–Kier alpha value is -1.39. The van der Waals surface area contributed by atoms with Crippen LogP contribution in [0.4, 0.5) is 0 Å². The topological polar surface area (TPSA) is 48.1 Å². The van der Waals surface area contributed by atoms with E-state index in [0.717, 1.165) is 28.4 Å². The molecule has 0 saturated carbocycles. The number of benzene rings is 1. The second-order valence-corrected chi connectivity index (χ2v) is 5.83. The minimum absolute atomic E-state index is 0.0588. The highest BCUT2D eigenvalue weighted by molar-refractivity contribution is 7.11. The molecule has 19 heavy (non-hydrogen) atoms. The Bertz CT molecular complexity index is 549. The molecule has 0 radical (unpaired) electrons. The van der Waals surface area contributed by atoms with Crippen LogP contribution in [0.15, 0.2) is 24.3 Å². The van der Waals surface area contributed by atoms with Crippen molar-refractivity contribution < 1.29 is 4.74 Å². The molecule has 2 N–H and O–H groups in total. The van der Waals surface area contributed by atoms with Gasteiger partial charge < -0.3 is 10.5 Å². The molecule has 1 aromatic heterocycles. The van der Waals surface area contributed by atoms with Gasteiger partial charge in [-0.15, -0.1) is 11.3 Å². The first-order chi connectivity index (χ1) is 9.08. The molecule has 0 amide bonds. The molecule has 2 rings (SSSR count). The Morgan fingerprint density at radius 1 is 1.32 bits per heavy atom. The zero-order valence-corrected chi connectivity index (χ0v) is 12.5. The van der Waals surface area contributed by atoms with E-state index in [1.807, 2.05) is 32.0 Å². The van der Waals surface area contributed by atoms with Crippen LogP contribution in [0.1, 0.15) is 34.1 Å². The fraction of sp³-hybridized carbons (Fsp3) is 0.400. The fourth-order valence-electron chi connectivity index (χ4n) is 1.96. The van der Waals surface area contributed by atoms with E-state index in [4.69, 9.17) is 10.5 Å². The first-order valence-electron chi connectivity index (χ1n) is 6.48. The third-order valence-electron chi connectivity index (χ3n) is 2.96. The fourth-order valence-corrected chi connectivity index (χ4v) is 2.96. The Morgan fingerprint density at radius 2 is 2.05 bits per heavy atom. The molecule has 1 unspecified atom stereocenters. The van der Waals surface area contributed by atoms with Gasteiger partial charge >= 0.3 is 0 Å². The molecule has 0 fully saturated rings. The normalized spacial score (nSPS) is 12.4. The minimum Gasteiger partial charge on any atom is -0.493 e. The van der Waals surface area contributed by atoms with Crippen molar-refractivity contribution in [1.82, 2.24) is 4.98 Å². The van der Waals surface area contributed by atoms with E-state index in [-0.39, 0.29) is 6.04 Å². The highest BCUT2D eigenvalue weighted by Gasteiger charge is 2.11. The molecule has 4 heteroatoms. The quantitative estimate of drug-likeness (QED) is 0.910. The number of thiazole rings is 1. The van der Waals surface area contributed by atoms with Gasteiger partial charge in [-0.25, -0.2) is 4.98 Å². The van der Waals surface area contributed by atoms with Gasteiger partial charge in [-0.3, -0.25) is 0 Å². The number of hydrogen-bond donors (Lipinski definition) is 1. The van der Waals surface area contributed by atoms with Crippen molar-refractivity contribution in [2.45, 2.75) is 33.2 Å². The van der Waals surface area contributed by atoms with Gasteiger partial charge in [0.15, 0.2) is 0 Å². The van der Waals surface area contributed by atoms with Crippen molar-refractivity contribution in [3.05, 3.63) is 45.4 Å². The molecule has 1 aromatic carbocycles. The molecule has 0 aliphatic heterocycles. The molecular weight excluding hydrogens is 256 g/mol. The monoisotopic (exact) mass is 276 g/mol. The molecular formula is C15H20N2OS. The summed E-state index contributed by atoms with van der Waals surface area (Å²) in [6.07, 6.45) is 0.826. The second-order valence-electron chi connectivity index (χ2n) is 4.71. The summed E-state index contributed by atoms with van der Waals surface area (Å²) >= 11 is 1.69. The summed E-state index contributed by atoms with van der Waals surface area (Å²) in [7, 11) is 0. The standard InChI is InChI=1S/C15H20N2OS/c1-10-6-4-5-7-13(10)18-9-8-14-17-12(3)15(19-14)11(2)16/h4-7,11H,8-9,16H2,1-3H3. The Morgan fingerprint density at radius 3 is 2.68 bits per heavy atom. The molecule has 0 spiro atoms. The molecule has 102 valence electrons. The largest absolute Gasteiger partial charge is 0.493 e. The zero-order chi connectivity index (χ0) is 13.8. The molecule has 0 aliphatic rings. The van der Waals surface area contributed by atoms with Crippen LogP contribution in [0.3, 0.4) is 0 Å². The number of para-hydroxylation sites is 1. The lowest BCUT2D eigenvalue weighted by atomic mass is 10.2. The smallest absolute Gasteiger partial charge is 0.122 e. The maximum atomic E-state index is 5.91. The average molecular weight is 276 g/mol. The van der Waals surface area contributed by atoms with Gasteiger partial charge in [0.2, 0.25) is 0 Å². The highest BCUT2D eigenvalue weighted by Crippen LogP contribution is 2.24. The van der Waals surface area contributed by atoms with Crippen LogP contribution in [0.5, 0.6) is 5.75 Å². The van der Waals surface area contributed by atoms with Gasteiger partial charge in [0.1, 0.15) is 5.75 Å². The van der Waals surface area contributed by atoms with Gasteiger partial charge in [-0.2, -0.15) is 0 Å². The van der Waals surface area contributed by atoms with Crippen molar-refractivity contribution >= 4 is 11.3 Å². The third kappa shape index (κ3) is 3.55. The number of aryl methyl sites for hydroxylation is 2. The SMILES string of the molecule is Cc1ccccc1OCCc1nc(C)c(C(C)N)s1. The van der Waals surface area contributed by atoms with Crippen molar-refractivity contribution in [3.63, 3.8) is 0 Å². The summed E-state index contributed by atoms with van der Waals surface area (Å²) in [6, 6.07) is 8.11. The zero-order valence-electron chi connectivity index (χ0n) is 11.6. The predicted molar refractivity (Wildman–Crippen MR) is 79.8 cm³/mol. The van der Waals surface area contributed by atoms with Gasteiger partial charge in [0, 0.05) is 17.3 Å². The lowest BCUT2D eigenvalue weighted by Gasteiger charge is -2.07. The Kier molecular flexibility index (Phi) is 4.56. The summed E-state index contributed by atoms with van der Waals surface area (Å²) in [6.45, 7) is 6.71. The number of nitrogens with two attached hydrogens (primary N) is 1. The van der Waals surface area contributed by atoms with E-state index in [9.17, 15) is 0 Å². The number of ether oxygens (including phenoxy) is 1. The summed E-state index contributed by atoms with van der Waals surface area (Å²) in [5, 5.41) is 1.10. The Labute approximate surface area is 118 Å². The van der Waals surface area contributed by atoms with E-state index in [1.165, 1.54) is 4.88 Å². The van der Waals surface area contributed by atoms with Crippen molar-refractivity contribution in [3.8, 4) is 5.75 Å². The second kappa shape index (κ2) is 6.17. The summed E-state index contributed by atoms with van der Waals surface area (Å²) < 4.78 is 5.79. The van der Waals surface area contributed by atoms with Crippen LogP contribution < -0.4 is 10.5 Å². The molecule has 0 aliphatic carbocycles. The van der Waals surface area contributed by atoms with Crippen LogP contribution >= 0.6 is 11.3 Å². The number of rotatable bonds is 5. The molecule has 3 nitrogen and oxygen atoms in total. The third-order valence-corrected chi connectivity index (χ3v) is 4.38.